The number of furan rings is 1. The summed E-state index contributed by atoms with van der Waals surface area (Å²) < 4.78 is 16.7. The molecule has 6 heteroatoms. The summed E-state index contributed by atoms with van der Waals surface area (Å²) in [5.74, 6) is 2.12. The zero-order valence-corrected chi connectivity index (χ0v) is 13.3. The third-order valence-corrected chi connectivity index (χ3v) is 4.34. The van der Waals surface area contributed by atoms with Gasteiger partial charge in [0.15, 0.2) is 0 Å². The van der Waals surface area contributed by atoms with Crippen LogP contribution in [0.15, 0.2) is 34.7 Å². The molecule has 2 aromatic rings. The van der Waals surface area contributed by atoms with Crippen molar-refractivity contribution in [3.8, 4) is 11.3 Å². The molecule has 0 spiro atoms. The van der Waals surface area contributed by atoms with Gasteiger partial charge in [-0.3, -0.25) is 4.21 Å². The van der Waals surface area contributed by atoms with Crippen LogP contribution in [0.2, 0.25) is 10.0 Å². The normalized spacial score (nSPS) is 12.6. The summed E-state index contributed by atoms with van der Waals surface area (Å²) in [7, 11) is -0.779. The maximum atomic E-state index is 10.9. The van der Waals surface area contributed by atoms with Gasteiger partial charge in [-0.25, -0.2) is 0 Å². The van der Waals surface area contributed by atoms with Crippen molar-refractivity contribution in [1.29, 1.82) is 0 Å². The fourth-order valence-electron chi connectivity index (χ4n) is 1.74. The minimum Gasteiger partial charge on any atom is -0.460 e. The highest BCUT2D eigenvalue weighted by molar-refractivity contribution is 7.84. The highest BCUT2D eigenvalue weighted by atomic mass is 35.5. The second kappa shape index (κ2) is 7.27. The zero-order chi connectivity index (χ0) is 14.5. The summed E-state index contributed by atoms with van der Waals surface area (Å²) in [5, 5.41) is 4.17. The molecule has 108 valence electrons. The first-order valence-electron chi connectivity index (χ1n) is 6.12. The van der Waals surface area contributed by atoms with E-state index in [1.165, 1.54) is 0 Å². The van der Waals surface area contributed by atoms with Crippen LogP contribution < -0.4 is 5.32 Å². The third-order valence-electron chi connectivity index (χ3n) is 2.74. The van der Waals surface area contributed by atoms with Crippen molar-refractivity contribution >= 4 is 34.0 Å². The van der Waals surface area contributed by atoms with Gasteiger partial charge in [0.05, 0.1) is 16.6 Å². The molecule has 0 aliphatic rings. The molecular formula is C14H15Cl2NO2S. The number of halogens is 2. The van der Waals surface area contributed by atoms with E-state index in [4.69, 9.17) is 27.6 Å². The second-order valence-corrected chi connectivity index (χ2v) is 6.66. The quantitative estimate of drug-likeness (QED) is 0.820. The van der Waals surface area contributed by atoms with E-state index in [0.29, 0.717) is 34.6 Å². The van der Waals surface area contributed by atoms with Crippen molar-refractivity contribution in [3.63, 3.8) is 0 Å². The first-order valence-corrected chi connectivity index (χ1v) is 8.60. The fourth-order valence-corrected chi connectivity index (χ4v) is 2.56. The Morgan fingerprint density at radius 3 is 2.80 bits per heavy atom. The zero-order valence-electron chi connectivity index (χ0n) is 11.0. The molecule has 0 unspecified atom stereocenters. The van der Waals surface area contributed by atoms with E-state index < -0.39 is 10.8 Å². The van der Waals surface area contributed by atoms with Gasteiger partial charge < -0.3 is 9.73 Å². The van der Waals surface area contributed by atoms with Crippen LogP contribution in [0.3, 0.4) is 0 Å². The molecular weight excluding hydrogens is 317 g/mol. The van der Waals surface area contributed by atoms with Crippen LogP contribution >= 0.6 is 23.2 Å². The van der Waals surface area contributed by atoms with E-state index in [2.05, 4.69) is 5.32 Å². The first kappa shape index (κ1) is 15.6. The van der Waals surface area contributed by atoms with Gasteiger partial charge in [-0.1, -0.05) is 29.3 Å². The molecule has 20 heavy (non-hydrogen) atoms. The van der Waals surface area contributed by atoms with E-state index in [0.717, 1.165) is 11.3 Å². The van der Waals surface area contributed by atoms with E-state index in [1.807, 2.05) is 24.3 Å². The van der Waals surface area contributed by atoms with Gasteiger partial charge in [0.1, 0.15) is 11.5 Å². The lowest BCUT2D eigenvalue weighted by atomic mass is 10.2. The molecule has 2 rings (SSSR count). The summed E-state index contributed by atoms with van der Waals surface area (Å²) in [5.41, 5.74) is 0.778. The molecule has 1 aromatic heterocycles. The van der Waals surface area contributed by atoms with Crippen molar-refractivity contribution in [3.05, 3.63) is 46.1 Å². The number of hydrogen-bond donors (Lipinski definition) is 1. The van der Waals surface area contributed by atoms with Crippen molar-refractivity contribution in [1.82, 2.24) is 5.32 Å². The van der Waals surface area contributed by atoms with Gasteiger partial charge >= 0.3 is 0 Å². The van der Waals surface area contributed by atoms with Crippen LogP contribution in [0, 0.1) is 0 Å². The SMILES string of the molecule is C[S@@](=O)CCNCc1ccc(-c2cccc(Cl)c2Cl)o1. The summed E-state index contributed by atoms with van der Waals surface area (Å²) in [6.45, 7) is 1.28. The first-order chi connectivity index (χ1) is 9.58. The Kier molecular flexibility index (Phi) is 5.66. The topological polar surface area (TPSA) is 42.2 Å². The van der Waals surface area contributed by atoms with Crippen LogP contribution in [0.5, 0.6) is 0 Å². The van der Waals surface area contributed by atoms with Gasteiger partial charge in [0.2, 0.25) is 0 Å². The van der Waals surface area contributed by atoms with E-state index in [9.17, 15) is 4.21 Å². The molecule has 0 bridgehead atoms. The van der Waals surface area contributed by atoms with Crippen molar-refractivity contribution in [2.24, 2.45) is 0 Å². The van der Waals surface area contributed by atoms with E-state index >= 15 is 0 Å². The van der Waals surface area contributed by atoms with Gasteiger partial charge in [0, 0.05) is 34.9 Å². The highest BCUT2D eigenvalue weighted by Gasteiger charge is 2.10. The standard InChI is InChI=1S/C14H15Cl2NO2S/c1-20(18)8-7-17-9-10-5-6-13(19-10)11-3-2-4-12(15)14(11)16/h2-6,17H,7-9H2,1H3/t20-/m1/s1. The fraction of sp³-hybridized carbons (Fsp3) is 0.286. The molecule has 3 nitrogen and oxygen atoms in total. The molecule has 0 saturated carbocycles. The van der Waals surface area contributed by atoms with Crippen LogP contribution in [-0.2, 0) is 17.3 Å². The van der Waals surface area contributed by atoms with Gasteiger partial charge in [-0.15, -0.1) is 0 Å². The molecule has 0 radical (unpaired) electrons. The van der Waals surface area contributed by atoms with Crippen LogP contribution in [-0.4, -0.2) is 22.8 Å². The van der Waals surface area contributed by atoms with Crippen LogP contribution in [0.1, 0.15) is 5.76 Å². The lowest BCUT2D eigenvalue weighted by molar-refractivity contribution is 0.499. The monoisotopic (exact) mass is 331 g/mol. The lowest BCUT2D eigenvalue weighted by Gasteiger charge is -2.03. The predicted molar refractivity (Wildman–Crippen MR) is 84.8 cm³/mol. The smallest absolute Gasteiger partial charge is 0.135 e. The average molecular weight is 332 g/mol. The maximum absolute atomic E-state index is 10.9. The lowest BCUT2D eigenvalue weighted by Crippen LogP contribution is -2.19. The number of nitrogens with one attached hydrogen (secondary N) is 1. The molecule has 0 fully saturated rings. The molecule has 0 amide bonds. The Morgan fingerprint density at radius 2 is 2.05 bits per heavy atom. The van der Waals surface area contributed by atoms with Crippen LogP contribution in [0.25, 0.3) is 11.3 Å². The number of benzene rings is 1. The number of hydrogen-bond acceptors (Lipinski definition) is 3. The van der Waals surface area contributed by atoms with Gasteiger partial charge in [0.25, 0.3) is 0 Å². The molecule has 1 atom stereocenters. The van der Waals surface area contributed by atoms with Gasteiger partial charge in [-0.05, 0) is 24.3 Å². The predicted octanol–water partition coefficient (Wildman–Crippen LogP) is 3.72. The van der Waals surface area contributed by atoms with Crippen molar-refractivity contribution in [2.75, 3.05) is 18.6 Å². The summed E-state index contributed by atoms with van der Waals surface area (Å²) in [4.78, 5) is 0. The molecule has 0 aliphatic carbocycles. The minimum atomic E-state index is -0.779. The Hall–Kier alpha value is -0.810. The third kappa shape index (κ3) is 4.09. The summed E-state index contributed by atoms with van der Waals surface area (Å²) >= 11 is 12.1. The van der Waals surface area contributed by atoms with E-state index in [-0.39, 0.29) is 0 Å². The summed E-state index contributed by atoms with van der Waals surface area (Å²) in [6.07, 6.45) is 1.69. The summed E-state index contributed by atoms with van der Waals surface area (Å²) in [6, 6.07) is 9.20. The molecule has 0 aliphatic heterocycles. The number of rotatable bonds is 6. The Labute approximate surface area is 130 Å². The molecule has 1 N–H and O–H groups in total. The van der Waals surface area contributed by atoms with Gasteiger partial charge in [-0.2, -0.15) is 0 Å². The average Bonchev–Trinajstić information content (AvgIpc) is 2.86. The molecule has 1 aromatic carbocycles. The van der Waals surface area contributed by atoms with Crippen molar-refractivity contribution in [2.45, 2.75) is 6.54 Å². The molecule has 1 heterocycles. The second-order valence-electron chi connectivity index (χ2n) is 4.32. The maximum Gasteiger partial charge on any atom is 0.135 e. The Balaban J connectivity index is 2.02. The largest absolute Gasteiger partial charge is 0.460 e. The molecule has 0 saturated heterocycles. The highest BCUT2D eigenvalue weighted by Crippen LogP contribution is 2.34. The Bertz CT molecular complexity index is 613. The Morgan fingerprint density at radius 1 is 1.25 bits per heavy atom. The minimum absolute atomic E-state index is 0.490. The van der Waals surface area contributed by atoms with E-state index in [1.54, 1.807) is 12.3 Å². The van der Waals surface area contributed by atoms with Crippen molar-refractivity contribution < 1.29 is 8.63 Å². The van der Waals surface area contributed by atoms with Crippen LogP contribution in [0.4, 0.5) is 0 Å².